The third kappa shape index (κ3) is 1.85. The average molecular weight is 270 g/mol. The second kappa shape index (κ2) is 4.17. The van der Waals surface area contributed by atoms with Gasteiger partial charge in [-0.1, -0.05) is 35.3 Å². The first-order valence-electron chi connectivity index (χ1n) is 4.95. The van der Waals surface area contributed by atoms with Crippen LogP contribution in [-0.4, -0.2) is 11.8 Å². The Balaban J connectivity index is 2.54. The molecule has 1 aliphatic rings. The van der Waals surface area contributed by atoms with E-state index in [1.807, 2.05) is 26.0 Å². The number of halogens is 2. The maximum atomic E-state index is 11.8. The highest BCUT2D eigenvalue weighted by molar-refractivity contribution is 6.62. The standard InChI is InChI=1S/C12H9Cl2NO2/c1-6-3-4-7(2)8(5-6)15-11(16)9(13)10(14)12(15)17/h3-5H,1-2H3. The summed E-state index contributed by atoms with van der Waals surface area (Å²) in [5.74, 6) is -1.15. The van der Waals surface area contributed by atoms with Gasteiger partial charge in [-0.2, -0.15) is 0 Å². The zero-order chi connectivity index (χ0) is 12.7. The topological polar surface area (TPSA) is 37.4 Å². The summed E-state index contributed by atoms with van der Waals surface area (Å²) in [6.07, 6.45) is 0. The predicted octanol–water partition coefficient (Wildman–Crippen LogP) is 2.87. The van der Waals surface area contributed by atoms with Crippen molar-refractivity contribution >= 4 is 40.7 Å². The zero-order valence-corrected chi connectivity index (χ0v) is 10.8. The second-order valence-electron chi connectivity index (χ2n) is 3.86. The van der Waals surface area contributed by atoms with Gasteiger partial charge in [-0.3, -0.25) is 9.59 Å². The molecule has 1 aliphatic heterocycles. The number of hydrogen-bond acceptors (Lipinski definition) is 2. The first-order chi connectivity index (χ1) is 7.93. The summed E-state index contributed by atoms with van der Waals surface area (Å²) in [7, 11) is 0. The van der Waals surface area contributed by atoms with Crippen LogP contribution in [0.4, 0.5) is 5.69 Å². The summed E-state index contributed by atoms with van der Waals surface area (Å²) < 4.78 is 0. The Morgan fingerprint density at radius 3 is 2.06 bits per heavy atom. The van der Waals surface area contributed by atoms with Gasteiger partial charge >= 0.3 is 0 Å². The van der Waals surface area contributed by atoms with Gasteiger partial charge in [-0.15, -0.1) is 0 Å². The van der Waals surface area contributed by atoms with E-state index in [1.165, 1.54) is 0 Å². The second-order valence-corrected chi connectivity index (χ2v) is 4.62. The van der Waals surface area contributed by atoms with Gasteiger partial charge in [0.05, 0.1) is 5.69 Å². The Morgan fingerprint density at radius 2 is 1.53 bits per heavy atom. The van der Waals surface area contributed by atoms with Gasteiger partial charge in [0, 0.05) is 0 Å². The SMILES string of the molecule is Cc1ccc(C)c(N2C(=O)C(Cl)=C(Cl)C2=O)c1. The quantitative estimate of drug-likeness (QED) is 0.736. The number of carbonyl (C=O) groups is 2. The Hall–Kier alpha value is -1.32. The summed E-state index contributed by atoms with van der Waals surface area (Å²) in [6, 6.07) is 5.50. The third-order valence-electron chi connectivity index (χ3n) is 2.58. The van der Waals surface area contributed by atoms with Gasteiger partial charge in [0.1, 0.15) is 10.1 Å². The minimum Gasteiger partial charge on any atom is -0.267 e. The van der Waals surface area contributed by atoms with Crippen LogP contribution in [0.2, 0.25) is 0 Å². The molecule has 2 amide bonds. The van der Waals surface area contributed by atoms with Crippen molar-refractivity contribution in [3.05, 3.63) is 39.4 Å². The fourth-order valence-electron chi connectivity index (χ4n) is 1.66. The van der Waals surface area contributed by atoms with E-state index in [-0.39, 0.29) is 10.1 Å². The molecule has 3 nitrogen and oxygen atoms in total. The van der Waals surface area contributed by atoms with Gasteiger partial charge in [-0.25, -0.2) is 4.90 Å². The molecule has 1 aromatic carbocycles. The van der Waals surface area contributed by atoms with Gasteiger partial charge in [0.15, 0.2) is 0 Å². The van der Waals surface area contributed by atoms with Crippen LogP contribution in [0.15, 0.2) is 28.3 Å². The van der Waals surface area contributed by atoms with Crippen LogP contribution in [0.25, 0.3) is 0 Å². The highest BCUT2D eigenvalue weighted by Crippen LogP contribution is 2.33. The van der Waals surface area contributed by atoms with E-state index in [0.717, 1.165) is 16.0 Å². The molecule has 1 heterocycles. The summed E-state index contributed by atoms with van der Waals surface area (Å²) in [5.41, 5.74) is 2.28. The highest BCUT2D eigenvalue weighted by atomic mass is 35.5. The minimum absolute atomic E-state index is 0.224. The molecule has 0 fully saturated rings. The highest BCUT2D eigenvalue weighted by Gasteiger charge is 2.38. The van der Waals surface area contributed by atoms with Crippen LogP contribution >= 0.6 is 23.2 Å². The molecule has 0 bridgehead atoms. The van der Waals surface area contributed by atoms with Gasteiger partial charge in [0.25, 0.3) is 11.8 Å². The molecule has 0 N–H and O–H groups in total. The van der Waals surface area contributed by atoms with Crippen molar-refractivity contribution in [1.29, 1.82) is 0 Å². The molecular weight excluding hydrogens is 261 g/mol. The van der Waals surface area contributed by atoms with Crippen LogP contribution in [0, 0.1) is 13.8 Å². The van der Waals surface area contributed by atoms with E-state index in [2.05, 4.69) is 0 Å². The lowest BCUT2D eigenvalue weighted by Crippen LogP contribution is -2.31. The molecule has 0 aliphatic carbocycles. The van der Waals surface area contributed by atoms with Crippen molar-refractivity contribution in [3.63, 3.8) is 0 Å². The van der Waals surface area contributed by atoms with E-state index in [9.17, 15) is 9.59 Å². The Labute approximate surface area is 109 Å². The van der Waals surface area contributed by atoms with E-state index < -0.39 is 11.8 Å². The van der Waals surface area contributed by atoms with Crippen molar-refractivity contribution in [2.75, 3.05) is 4.90 Å². The van der Waals surface area contributed by atoms with Crippen LogP contribution in [0.1, 0.15) is 11.1 Å². The molecule has 88 valence electrons. The molecular formula is C12H9Cl2NO2. The largest absolute Gasteiger partial charge is 0.278 e. The molecule has 0 saturated carbocycles. The number of imide groups is 1. The van der Waals surface area contributed by atoms with Crippen molar-refractivity contribution in [3.8, 4) is 0 Å². The lowest BCUT2D eigenvalue weighted by atomic mass is 10.1. The number of aryl methyl sites for hydroxylation is 2. The number of amides is 2. The Kier molecular flexibility index (Phi) is 2.98. The van der Waals surface area contributed by atoms with Crippen LogP contribution < -0.4 is 4.90 Å². The smallest absolute Gasteiger partial charge is 0.267 e. The molecule has 17 heavy (non-hydrogen) atoms. The van der Waals surface area contributed by atoms with Crippen molar-refractivity contribution in [2.45, 2.75) is 13.8 Å². The molecule has 0 unspecified atom stereocenters. The van der Waals surface area contributed by atoms with E-state index in [0.29, 0.717) is 5.69 Å². The fraction of sp³-hybridized carbons (Fsp3) is 0.167. The van der Waals surface area contributed by atoms with E-state index >= 15 is 0 Å². The number of nitrogens with zero attached hydrogens (tertiary/aromatic N) is 1. The van der Waals surface area contributed by atoms with E-state index in [4.69, 9.17) is 23.2 Å². The third-order valence-corrected chi connectivity index (χ3v) is 3.38. The number of anilines is 1. The molecule has 0 atom stereocenters. The monoisotopic (exact) mass is 269 g/mol. The molecule has 2 rings (SSSR count). The number of carbonyl (C=O) groups excluding carboxylic acids is 2. The number of rotatable bonds is 1. The van der Waals surface area contributed by atoms with Gasteiger partial charge in [0.2, 0.25) is 0 Å². The van der Waals surface area contributed by atoms with Crippen molar-refractivity contribution < 1.29 is 9.59 Å². The van der Waals surface area contributed by atoms with E-state index in [1.54, 1.807) is 6.07 Å². The first-order valence-corrected chi connectivity index (χ1v) is 5.70. The fourth-order valence-corrected chi connectivity index (χ4v) is 1.99. The Bertz CT molecular complexity index is 540. The first kappa shape index (κ1) is 12.1. The maximum absolute atomic E-state index is 11.8. The minimum atomic E-state index is -0.574. The van der Waals surface area contributed by atoms with Crippen LogP contribution in [-0.2, 0) is 9.59 Å². The normalized spacial score (nSPS) is 16.1. The zero-order valence-electron chi connectivity index (χ0n) is 9.25. The lowest BCUT2D eigenvalue weighted by molar-refractivity contribution is -0.120. The molecule has 0 saturated heterocycles. The maximum Gasteiger partial charge on any atom is 0.278 e. The van der Waals surface area contributed by atoms with Gasteiger partial charge < -0.3 is 0 Å². The summed E-state index contributed by atoms with van der Waals surface area (Å²) in [6.45, 7) is 3.69. The number of benzene rings is 1. The summed E-state index contributed by atoms with van der Waals surface area (Å²) >= 11 is 11.4. The average Bonchev–Trinajstić information content (AvgIpc) is 2.48. The number of hydrogen-bond donors (Lipinski definition) is 0. The molecule has 0 radical (unpaired) electrons. The van der Waals surface area contributed by atoms with Crippen molar-refractivity contribution in [2.24, 2.45) is 0 Å². The van der Waals surface area contributed by atoms with Crippen LogP contribution in [0.5, 0.6) is 0 Å². The Morgan fingerprint density at radius 1 is 1.00 bits per heavy atom. The summed E-state index contributed by atoms with van der Waals surface area (Å²) in [5, 5.41) is -0.449. The van der Waals surface area contributed by atoms with Crippen molar-refractivity contribution in [1.82, 2.24) is 0 Å². The van der Waals surface area contributed by atoms with Crippen LogP contribution in [0.3, 0.4) is 0 Å². The molecule has 0 spiro atoms. The predicted molar refractivity (Wildman–Crippen MR) is 67.1 cm³/mol. The summed E-state index contributed by atoms with van der Waals surface area (Å²) in [4.78, 5) is 24.6. The molecule has 1 aromatic rings. The molecule has 5 heteroatoms. The lowest BCUT2D eigenvalue weighted by Gasteiger charge is -2.17. The molecule has 0 aromatic heterocycles. The van der Waals surface area contributed by atoms with Gasteiger partial charge in [-0.05, 0) is 31.0 Å².